The van der Waals surface area contributed by atoms with Crippen LogP contribution in [0.25, 0.3) is 0 Å². The second-order valence-corrected chi connectivity index (χ2v) is 6.12. The zero-order valence-electron chi connectivity index (χ0n) is 14.4. The molecule has 0 radical (unpaired) electrons. The van der Waals surface area contributed by atoms with Crippen molar-refractivity contribution in [3.8, 4) is 5.75 Å². The SMILES string of the molecule is COc1cccc(NC(=O)NC[C@H]2CC(=O)N(c3ccc(F)cc3)C2)c1. The second-order valence-electron chi connectivity index (χ2n) is 6.12. The molecule has 1 saturated heterocycles. The highest BCUT2D eigenvalue weighted by molar-refractivity contribution is 5.96. The van der Waals surface area contributed by atoms with Crippen molar-refractivity contribution in [3.63, 3.8) is 0 Å². The van der Waals surface area contributed by atoms with Gasteiger partial charge in [-0.15, -0.1) is 0 Å². The van der Waals surface area contributed by atoms with Gasteiger partial charge >= 0.3 is 6.03 Å². The summed E-state index contributed by atoms with van der Waals surface area (Å²) in [6, 6.07) is 12.5. The Balaban J connectivity index is 1.51. The van der Waals surface area contributed by atoms with Crippen molar-refractivity contribution < 1.29 is 18.7 Å². The Kier molecular flexibility index (Phi) is 5.36. The first kappa shape index (κ1) is 17.7. The predicted molar refractivity (Wildman–Crippen MR) is 96.9 cm³/mol. The molecule has 0 bridgehead atoms. The van der Waals surface area contributed by atoms with Gasteiger partial charge in [-0.1, -0.05) is 6.07 Å². The van der Waals surface area contributed by atoms with Crippen LogP contribution in [-0.2, 0) is 4.79 Å². The van der Waals surface area contributed by atoms with Gasteiger partial charge in [0.05, 0.1) is 7.11 Å². The van der Waals surface area contributed by atoms with Crippen molar-refractivity contribution in [3.05, 3.63) is 54.3 Å². The third-order valence-corrected chi connectivity index (χ3v) is 4.22. The van der Waals surface area contributed by atoms with Crippen molar-refractivity contribution in [2.45, 2.75) is 6.42 Å². The Hall–Kier alpha value is -3.09. The largest absolute Gasteiger partial charge is 0.497 e. The Bertz CT molecular complexity index is 795. The van der Waals surface area contributed by atoms with Crippen LogP contribution < -0.4 is 20.3 Å². The normalized spacial score (nSPS) is 16.5. The van der Waals surface area contributed by atoms with Gasteiger partial charge in [0, 0.05) is 42.9 Å². The summed E-state index contributed by atoms with van der Waals surface area (Å²) in [4.78, 5) is 25.8. The molecule has 2 N–H and O–H groups in total. The molecule has 7 heteroatoms. The number of amides is 3. The van der Waals surface area contributed by atoms with E-state index >= 15 is 0 Å². The molecule has 26 heavy (non-hydrogen) atoms. The number of benzene rings is 2. The zero-order chi connectivity index (χ0) is 18.5. The first-order valence-corrected chi connectivity index (χ1v) is 8.30. The minimum Gasteiger partial charge on any atom is -0.497 e. The predicted octanol–water partition coefficient (Wildman–Crippen LogP) is 3.01. The molecule has 3 amide bonds. The summed E-state index contributed by atoms with van der Waals surface area (Å²) < 4.78 is 18.1. The fourth-order valence-corrected chi connectivity index (χ4v) is 2.90. The molecule has 3 rings (SSSR count). The van der Waals surface area contributed by atoms with Crippen LogP contribution in [0.15, 0.2) is 48.5 Å². The molecule has 1 heterocycles. The lowest BCUT2D eigenvalue weighted by Crippen LogP contribution is -2.34. The Morgan fingerprint density at radius 2 is 2.04 bits per heavy atom. The van der Waals surface area contributed by atoms with Crippen molar-refractivity contribution in [2.75, 3.05) is 30.4 Å². The van der Waals surface area contributed by atoms with Crippen LogP contribution in [0, 0.1) is 11.7 Å². The van der Waals surface area contributed by atoms with Crippen molar-refractivity contribution in [1.82, 2.24) is 5.32 Å². The van der Waals surface area contributed by atoms with Crippen molar-refractivity contribution in [2.24, 2.45) is 5.92 Å². The first-order valence-electron chi connectivity index (χ1n) is 8.30. The number of nitrogens with one attached hydrogen (secondary N) is 2. The molecule has 2 aromatic carbocycles. The minimum absolute atomic E-state index is 0.00334. The third kappa shape index (κ3) is 4.30. The monoisotopic (exact) mass is 357 g/mol. The summed E-state index contributed by atoms with van der Waals surface area (Å²) in [7, 11) is 1.56. The van der Waals surface area contributed by atoms with E-state index in [1.54, 1.807) is 48.4 Å². The van der Waals surface area contributed by atoms with Crippen LogP contribution in [0.1, 0.15) is 6.42 Å². The van der Waals surface area contributed by atoms with Gasteiger partial charge in [0.15, 0.2) is 0 Å². The molecule has 0 spiro atoms. The lowest BCUT2D eigenvalue weighted by molar-refractivity contribution is -0.117. The highest BCUT2D eigenvalue weighted by Crippen LogP contribution is 2.25. The summed E-state index contributed by atoms with van der Waals surface area (Å²) in [5.41, 5.74) is 1.29. The molecule has 0 saturated carbocycles. The van der Waals surface area contributed by atoms with E-state index in [9.17, 15) is 14.0 Å². The van der Waals surface area contributed by atoms with E-state index in [0.29, 0.717) is 36.6 Å². The topological polar surface area (TPSA) is 70.7 Å². The van der Waals surface area contributed by atoms with Crippen LogP contribution in [0.2, 0.25) is 0 Å². The fraction of sp³-hybridized carbons (Fsp3) is 0.263. The van der Waals surface area contributed by atoms with Gasteiger partial charge in [-0.05, 0) is 36.4 Å². The lowest BCUT2D eigenvalue weighted by Gasteiger charge is -2.17. The number of halogens is 1. The number of ether oxygens (including phenoxy) is 1. The Morgan fingerprint density at radius 1 is 1.27 bits per heavy atom. The average molecular weight is 357 g/mol. The number of hydrogen-bond donors (Lipinski definition) is 2. The van der Waals surface area contributed by atoms with E-state index in [-0.39, 0.29) is 23.7 Å². The third-order valence-electron chi connectivity index (χ3n) is 4.22. The molecule has 1 aliphatic heterocycles. The van der Waals surface area contributed by atoms with Crippen LogP contribution in [0.4, 0.5) is 20.6 Å². The molecular formula is C19H20FN3O3. The van der Waals surface area contributed by atoms with Gasteiger partial charge < -0.3 is 20.3 Å². The summed E-state index contributed by atoms with van der Waals surface area (Å²) >= 11 is 0. The van der Waals surface area contributed by atoms with E-state index in [1.165, 1.54) is 12.1 Å². The van der Waals surface area contributed by atoms with E-state index in [1.807, 2.05) is 0 Å². The van der Waals surface area contributed by atoms with Crippen LogP contribution in [-0.4, -0.2) is 32.1 Å². The molecule has 1 atom stereocenters. The summed E-state index contributed by atoms with van der Waals surface area (Å²) in [6.45, 7) is 0.864. The van der Waals surface area contributed by atoms with Crippen LogP contribution in [0.3, 0.4) is 0 Å². The van der Waals surface area contributed by atoms with Gasteiger partial charge in [-0.2, -0.15) is 0 Å². The molecule has 6 nitrogen and oxygen atoms in total. The maximum Gasteiger partial charge on any atom is 0.319 e. The smallest absolute Gasteiger partial charge is 0.319 e. The average Bonchev–Trinajstić information content (AvgIpc) is 3.01. The highest BCUT2D eigenvalue weighted by Gasteiger charge is 2.30. The maximum absolute atomic E-state index is 13.0. The van der Waals surface area contributed by atoms with Crippen molar-refractivity contribution >= 4 is 23.3 Å². The fourth-order valence-electron chi connectivity index (χ4n) is 2.90. The zero-order valence-corrected chi connectivity index (χ0v) is 14.4. The van der Waals surface area contributed by atoms with Gasteiger partial charge in [-0.3, -0.25) is 4.79 Å². The molecule has 0 unspecified atom stereocenters. The second kappa shape index (κ2) is 7.86. The van der Waals surface area contributed by atoms with Crippen molar-refractivity contribution in [1.29, 1.82) is 0 Å². The molecule has 136 valence electrons. The van der Waals surface area contributed by atoms with E-state index in [2.05, 4.69) is 10.6 Å². The maximum atomic E-state index is 13.0. The molecule has 2 aromatic rings. The van der Waals surface area contributed by atoms with Crippen LogP contribution >= 0.6 is 0 Å². The number of nitrogens with zero attached hydrogens (tertiary/aromatic N) is 1. The Labute approximate surface area is 150 Å². The molecule has 0 aliphatic carbocycles. The Morgan fingerprint density at radius 3 is 2.77 bits per heavy atom. The molecular weight excluding hydrogens is 337 g/mol. The molecule has 0 aromatic heterocycles. The van der Waals surface area contributed by atoms with E-state index < -0.39 is 0 Å². The number of urea groups is 1. The molecule has 1 aliphatic rings. The van der Waals surface area contributed by atoms with E-state index in [4.69, 9.17) is 4.74 Å². The van der Waals surface area contributed by atoms with E-state index in [0.717, 1.165) is 0 Å². The quantitative estimate of drug-likeness (QED) is 0.864. The highest BCUT2D eigenvalue weighted by atomic mass is 19.1. The summed E-state index contributed by atoms with van der Waals surface area (Å²) in [5.74, 6) is 0.284. The number of rotatable bonds is 5. The number of carbonyl (C=O) groups excluding carboxylic acids is 2. The van der Waals surface area contributed by atoms with Gasteiger partial charge in [-0.25, -0.2) is 9.18 Å². The summed E-state index contributed by atoms with van der Waals surface area (Å²) in [6.07, 6.45) is 0.344. The van der Waals surface area contributed by atoms with Crippen LogP contribution in [0.5, 0.6) is 5.75 Å². The minimum atomic E-state index is -0.342. The number of carbonyl (C=O) groups is 2. The lowest BCUT2D eigenvalue weighted by atomic mass is 10.1. The summed E-state index contributed by atoms with van der Waals surface area (Å²) in [5, 5.41) is 5.51. The first-order chi connectivity index (χ1) is 12.5. The standard InChI is InChI=1S/C19H20FN3O3/c1-26-17-4-2-3-15(10-17)22-19(25)21-11-13-9-18(24)23(12-13)16-7-5-14(20)6-8-16/h2-8,10,13H,9,11-12H2,1H3,(H2,21,22,25)/t13-/m1/s1. The van der Waals surface area contributed by atoms with Gasteiger partial charge in [0.1, 0.15) is 11.6 Å². The number of anilines is 2. The van der Waals surface area contributed by atoms with Gasteiger partial charge in [0.2, 0.25) is 5.91 Å². The number of methoxy groups -OCH3 is 1. The number of hydrogen-bond acceptors (Lipinski definition) is 3. The van der Waals surface area contributed by atoms with Gasteiger partial charge in [0.25, 0.3) is 0 Å². The molecule has 1 fully saturated rings.